The molecule has 0 N–H and O–H groups in total. The Labute approximate surface area is 504 Å². The minimum atomic E-state index is 0.224. The Morgan fingerprint density at radius 2 is 0.678 bits per heavy atom. The number of hydrogen-bond acceptors (Lipinski definition) is 4. The zero-order chi connectivity index (χ0) is 57.4. The summed E-state index contributed by atoms with van der Waals surface area (Å²) in [6.45, 7) is 0. The van der Waals surface area contributed by atoms with Gasteiger partial charge >= 0.3 is 0 Å². The Kier molecular flexibility index (Phi) is 12.0. The zero-order valence-corrected chi connectivity index (χ0v) is 47.5. The van der Waals surface area contributed by atoms with Gasteiger partial charge in [-0.1, -0.05) is 133 Å². The second kappa shape index (κ2) is 20.8. The van der Waals surface area contributed by atoms with Crippen molar-refractivity contribution in [2.24, 2.45) is 0 Å². The minimum Gasteiger partial charge on any atom is -0.309 e. The van der Waals surface area contributed by atoms with Crippen molar-refractivity contribution in [1.82, 2.24) is 29.1 Å². The highest BCUT2D eigenvalue weighted by atomic mass is 15.0. The maximum atomic E-state index is 4.45. The van der Waals surface area contributed by atoms with Gasteiger partial charge in [0, 0.05) is 105 Å². The number of fused-ring (bicyclic) bond motifs is 9. The van der Waals surface area contributed by atoms with Crippen molar-refractivity contribution < 1.29 is 0 Å². The van der Waals surface area contributed by atoms with Crippen molar-refractivity contribution in [1.29, 1.82) is 0 Å². The molecule has 6 nitrogen and oxygen atoms in total. The van der Waals surface area contributed by atoms with E-state index in [-0.39, 0.29) is 5.92 Å². The van der Waals surface area contributed by atoms with Crippen LogP contribution >= 0.6 is 0 Å². The average molecular weight is 1110 g/mol. The van der Waals surface area contributed by atoms with Gasteiger partial charge in [-0.3, -0.25) is 19.9 Å². The molecular weight excluding hydrogens is 1060 g/mol. The van der Waals surface area contributed by atoms with E-state index in [2.05, 4.69) is 254 Å². The molecular formula is C81H54N6. The fourth-order valence-corrected chi connectivity index (χ4v) is 13.7. The van der Waals surface area contributed by atoms with Crippen LogP contribution in [-0.2, 0) is 6.42 Å². The maximum Gasteiger partial charge on any atom is 0.0541 e. The van der Waals surface area contributed by atoms with Crippen LogP contribution in [0.15, 0.2) is 298 Å². The number of pyridine rings is 4. The van der Waals surface area contributed by atoms with Crippen molar-refractivity contribution in [3.8, 4) is 89.3 Å². The summed E-state index contributed by atoms with van der Waals surface area (Å²) in [7, 11) is 0. The van der Waals surface area contributed by atoms with Crippen LogP contribution in [0.4, 0.5) is 0 Å². The van der Waals surface area contributed by atoms with Crippen LogP contribution in [0.2, 0.25) is 0 Å². The van der Waals surface area contributed by atoms with Crippen molar-refractivity contribution in [2.75, 3.05) is 0 Å². The molecule has 0 spiro atoms. The molecule has 1 unspecified atom stereocenters. The molecule has 87 heavy (non-hydrogen) atoms. The van der Waals surface area contributed by atoms with Crippen LogP contribution in [0.5, 0.6) is 0 Å². The second-order valence-corrected chi connectivity index (χ2v) is 23.1. The summed E-state index contributed by atoms with van der Waals surface area (Å²) in [6.07, 6.45) is 23.9. The van der Waals surface area contributed by atoms with Crippen LogP contribution in [0.3, 0.4) is 0 Å². The van der Waals surface area contributed by atoms with Crippen molar-refractivity contribution in [3.63, 3.8) is 0 Å². The smallest absolute Gasteiger partial charge is 0.0541 e. The van der Waals surface area contributed by atoms with Gasteiger partial charge in [0.1, 0.15) is 0 Å². The largest absolute Gasteiger partial charge is 0.309 e. The lowest BCUT2D eigenvalue weighted by atomic mass is 9.87. The first kappa shape index (κ1) is 50.2. The molecule has 15 aromatic rings. The van der Waals surface area contributed by atoms with Crippen molar-refractivity contribution in [2.45, 2.75) is 18.8 Å². The molecule has 0 radical (unpaired) electrons. The molecule has 0 fully saturated rings. The first-order chi connectivity index (χ1) is 43.1. The summed E-state index contributed by atoms with van der Waals surface area (Å²) in [5.74, 6) is 0.224. The molecule has 0 saturated carbocycles. The van der Waals surface area contributed by atoms with E-state index in [1.807, 2.05) is 73.8 Å². The Bertz CT molecular complexity index is 5130. The van der Waals surface area contributed by atoms with Crippen LogP contribution in [-0.4, -0.2) is 29.1 Å². The van der Waals surface area contributed by atoms with Gasteiger partial charge in [-0.2, -0.15) is 0 Å². The molecule has 408 valence electrons. The SMILES string of the molecule is C1=CC(c2cccnc2)=CC(c2ccc3c(c2)c2cc(-c4cccc(-c5cccnc5)c4)ccc2n3-c2ccc3c(c2)-c2cc(-n4c5ccc(-c6cccc(-c7cccnc7)c6)cc5c5cc(-c6cccc(-c7cccnc7)c6)ccc54)ccc2C3)C1. The number of hydrogen-bond donors (Lipinski definition) is 0. The van der Waals surface area contributed by atoms with Gasteiger partial charge in [0.15, 0.2) is 0 Å². The van der Waals surface area contributed by atoms with E-state index in [1.165, 1.54) is 77.1 Å². The van der Waals surface area contributed by atoms with Gasteiger partial charge in [-0.25, -0.2) is 0 Å². The lowest BCUT2D eigenvalue weighted by molar-refractivity contribution is 0.858. The average Bonchev–Trinajstić information content (AvgIpc) is 1.69. The van der Waals surface area contributed by atoms with E-state index >= 15 is 0 Å². The molecule has 6 heteroatoms. The van der Waals surface area contributed by atoms with Gasteiger partial charge in [-0.05, 0) is 217 Å². The van der Waals surface area contributed by atoms with Crippen molar-refractivity contribution >= 4 is 49.2 Å². The topological polar surface area (TPSA) is 61.4 Å². The Morgan fingerprint density at radius 3 is 1.09 bits per heavy atom. The monoisotopic (exact) mass is 1110 g/mol. The number of benzene rings is 9. The quantitative estimate of drug-likeness (QED) is 0.137. The van der Waals surface area contributed by atoms with Gasteiger partial charge in [0.05, 0.1) is 22.1 Å². The van der Waals surface area contributed by atoms with Gasteiger partial charge in [0.2, 0.25) is 0 Å². The second-order valence-electron chi connectivity index (χ2n) is 23.1. The standard InChI is InChI=1S/C81H54N6/c1-9-52(37-56(13-1)66-17-5-33-82-48-66)60-23-29-78-74(42-60)75-43-61(53-10-2-14-57(38-53)67-18-6-34-83-49-67)24-30-79(75)86(78)70-27-21-64-41-65-22-28-71(47-73(65)72(64)46-70)87-80-31-25-62(54-11-3-15-58(39-54)68-19-7-35-84-50-68)44-76(80)77-45-63(26-32-81(77)87)55-12-4-16-59(40-55)69-20-8-36-85-51-69/h1-11,13-40,42-51,55H,12,41H2. The fourth-order valence-electron chi connectivity index (χ4n) is 13.7. The highest BCUT2D eigenvalue weighted by molar-refractivity contribution is 6.13. The van der Waals surface area contributed by atoms with Crippen molar-refractivity contribution in [3.05, 3.63) is 321 Å². The predicted octanol–water partition coefficient (Wildman–Crippen LogP) is 20.2. The molecule has 1 atom stereocenters. The van der Waals surface area contributed by atoms with E-state index in [4.69, 9.17) is 0 Å². The maximum absolute atomic E-state index is 4.45. The van der Waals surface area contributed by atoms with Crippen LogP contribution < -0.4 is 0 Å². The summed E-state index contributed by atoms with van der Waals surface area (Å²) in [5.41, 5.74) is 29.5. The summed E-state index contributed by atoms with van der Waals surface area (Å²) < 4.78 is 4.97. The highest BCUT2D eigenvalue weighted by Crippen LogP contribution is 2.45. The molecule has 6 aromatic heterocycles. The Morgan fingerprint density at radius 1 is 0.310 bits per heavy atom. The fraction of sp³-hybridized carbons (Fsp3) is 0.0370. The summed E-state index contributed by atoms with van der Waals surface area (Å²) in [5, 5.41) is 4.86. The third-order valence-corrected chi connectivity index (χ3v) is 18.0. The first-order valence-corrected chi connectivity index (χ1v) is 29.8. The summed E-state index contributed by atoms with van der Waals surface area (Å²) >= 11 is 0. The van der Waals surface area contributed by atoms with Gasteiger partial charge in [0.25, 0.3) is 0 Å². The Hall–Kier alpha value is -11.3. The van der Waals surface area contributed by atoms with E-state index in [0.29, 0.717) is 0 Å². The first-order valence-electron chi connectivity index (χ1n) is 29.8. The molecule has 9 aromatic carbocycles. The number of nitrogens with zero attached hydrogens (tertiary/aromatic N) is 6. The minimum absolute atomic E-state index is 0.224. The molecule has 0 bridgehead atoms. The third-order valence-electron chi connectivity index (χ3n) is 18.0. The zero-order valence-electron chi connectivity index (χ0n) is 47.5. The highest BCUT2D eigenvalue weighted by Gasteiger charge is 2.25. The predicted molar refractivity (Wildman–Crippen MR) is 358 cm³/mol. The molecule has 0 aliphatic heterocycles. The van der Waals surface area contributed by atoms with Crippen LogP contribution in [0.25, 0.3) is 138 Å². The molecule has 6 heterocycles. The van der Waals surface area contributed by atoms with E-state index in [9.17, 15) is 0 Å². The van der Waals surface area contributed by atoms with E-state index < -0.39 is 0 Å². The molecule has 2 aliphatic rings. The summed E-state index contributed by atoms with van der Waals surface area (Å²) in [4.78, 5) is 17.7. The number of aromatic nitrogens is 6. The molecule has 2 aliphatic carbocycles. The van der Waals surface area contributed by atoms with Gasteiger partial charge < -0.3 is 9.13 Å². The lowest BCUT2D eigenvalue weighted by Gasteiger charge is -2.18. The number of allylic oxidation sites excluding steroid dienone is 4. The van der Waals surface area contributed by atoms with Crippen LogP contribution in [0.1, 0.15) is 34.6 Å². The van der Waals surface area contributed by atoms with Gasteiger partial charge in [-0.15, -0.1) is 0 Å². The normalized spacial score (nSPS) is 13.6. The van der Waals surface area contributed by atoms with E-state index in [0.717, 1.165) is 96.4 Å². The molecule has 17 rings (SSSR count). The van der Waals surface area contributed by atoms with E-state index in [1.54, 1.807) is 0 Å². The summed E-state index contributed by atoms with van der Waals surface area (Å²) in [6, 6.07) is 85.5. The lowest BCUT2D eigenvalue weighted by Crippen LogP contribution is -2.00. The number of rotatable bonds is 10. The molecule has 0 saturated heterocycles. The molecule has 0 amide bonds. The third kappa shape index (κ3) is 8.88. The Balaban J connectivity index is 0.798. The van der Waals surface area contributed by atoms with Crippen LogP contribution in [0, 0.1) is 0 Å².